The Morgan fingerprint density at radius 1 is 1.09 bits per heavy atom. The number of aryl methyl sites for hydroxylation is 1. The van der Waals surface area contributed by atoms with E-state index in [-0.39, 0.29) is 11.9 Å². The van der Waals surface area contributed by atoms with E-state index in [0.717, 1.165) is 41.4 Å². The zero-order valence-electron chi connectivity index (χ0n) is 19.6. The van der Waals surface area contributed by atoms with Crippen LogP contribution in [-0.2, 0) is 11.3 Å². The number of rotatable bonds is 8. The summed E-state index contributed by atoms with van der Waals surface area (Å²) >= 11 is 0. The van der Waals surface area contributed by atoms with Crippen molar-refractivity contribution in [2.45, 2.75) is 26.4 Å². The number of benzene rings is 2. The van der Waals surface area contributed by atoms with Crippen LogP contribution < -0.4 is 10.1 Å². The first-order valence-electron chi connectivity index (χ1n) is 11.4. The van der Waals surface area contributed by atoms with Gasteiger partial charge < -0.3 is 14.8 Å². The maximum Gasteiger partial charge on any atom is 0.255 e. The van der Waals surface area contributed by atoms with Crippen LogP contribution >= 0.6 is 0 Å². The summed E-state index contributed by atoms with van der Waals surface area (Å²) in [4.78, 5) is 15.6. The summed E-state index contributed by atoms with van der Waals surface area (Å²) in [6, 6.07) is 18.3. The Morgan fingerprint density at radius 2 is 1.79 bits per heavy atom. The molecule has 1 atom stereocenters. The molecule has 1 amide bonds. The van der Waals surface area contributed by atoms with Gasteiger partial charge in [-0.15, -0.1) is 0 Å². The van der Waals surface area contributed by atoms with Crippen LogP contribution in [0.1, 0.15) is 38.9 Å². The number of nitrogens with one attached hydrogen (secondary N) is 1. The molecule has 1 aromatic heterocycles. The lowest BCUT2D eigenvalue weighted by atomic mass is 10.0. The van der Waals surface area contributed by atoms with Crippen molar-refractivity contribution >= 4 is 5.91 Å². The first-order chi connectivity index (χ1) is 16.1. The van der Waals surface area contributed by atoms with Gasteiger partial charge in [-0.25, -0.2) is 0 Å². The van der Waals surface area contributed by atoms with Gasteiger partial charge in [0.1, 0.15) is 5.75 Å². The molecule has 0 bridgehead atoms. The minimum atomic E-state index is -0.0870. The number of ether oxygens (including phenoxy) is 2. The Hall–Kier alpha value is -3.16. The highest BCUT2D eigenvalue weighted by Gasteiger charge is 2.25. The van der Waals surface area contributed by atoms with Crippen LogP contribution in [-0.4, -0.2) is 60.5 Å². The third-order valence-electron chi connectivity index (χ3n) is 6.23. The first-order valence-corrected chi connectivity index (χ1v) is 11.4. The molecule has 174 valence electrons. The Kier molecular flexibility index (Phi) is 7.42. The van der Waals surface area contributed by atoms with Crippen LogP contribution in [0.5, 0.6) is 5.75 Å². The molecule has 7 nitrogen and oxygen atoms in total. The molecule has 2 heterocycles. The summed E-state index contributed by atoms with van der Waals surface area (Å²) in [5.41, 5.74) is 4.57. The molecule has 1 fully saturated rings. The molecule has 33 heavy (non-hydrogen) atoms. The summed E-state index contributed by atoms with van der Waals surface area (Å²) in [6.07, 6.45) is 0. The average Bonchev–Trinajstić information content (AvgIpc) is 3.13. The highest BCUT2D eigenvalue weighted by Crippen LogP contribution is 2.24. The smallest absolute Gasteiger partial charge is 0.255 e. The molecule has 1 unspecified atom stereocenters. The van der Waals surface area contributed by atoms with Crippen LogP contribution in [0, 0.1) is 13.8 Å². The van der Waals surface area contributed by atoms with Gasteiger partial charge in [0.2, 0.25) is 0 Å². The normalized spacial score (nSPS) is 15.2. The molecule has 1 aliphatic heterocycles. The van der Waals surface area contributed by atoms with Gasteiger partial charge in [0, 0.05) is 25.3 Å². The molecular weight excluding hydrogens is 416 g/mol. The first kappa shape index (κ1) is 23.0. The topological polar surface area (TPSA) is 68.6 Å². The number of methoxy groups -OCH3 is 1. The summed E-state index contributed by atoms with van der Waals surface area (Å²) in [6.45, 7) is 8.07. The minimum absolute atomic E-state index is 0.0590. The van der Waals surface area contributed by atoms with Gasteiger partial charge >= 0.3 is 0 Å². The monoisotopic (exact) mass is 448 g/mol. The third kappa shape index (κ3) is 5.43. The highest BCUT2D eigenvalue weighted by atomic mass is 16.5. The Balaban J connectivity index is 1.50. The van der Waals surface area contributed by atoms with E-state index in [2.05, 4.69) is 39.6 Å². The second kappa shape index (κ2) is 10.6. The van der Waals surface area contributed by atoms with E-state index >= 15 is 0 Å². The number of amides is 1. The highest BCUT2D eigenvalue weighted by molar-refractivity contribution is 5.96. The number of nitrogens with zero attached hydrogens (tertiary/aromatic N) is 3. The van der Waals surface area contributed by atoms with Gasteiger partial charge in [0.15, 0.2) is 0 Å². The van der Waals surface area contributed by atoms with E-state index in [0.29, 0.717) is 31.9 Å². The maximum absolute atomic E-state index is 13.2. The summed E-state index contributed by atoms with van der Waals surface area (Å²) in [7, 11) is 1.66. The predicted octanol–water partition coefficient (Wildman–Crippen LogP) is 3.36. The van der Waals surface area contributed by atoms with Crippen molar-refractivity contribution in [2.24, 2.45) is 0 Å². The van der Waals surface area contributed by atoms with Crippen molar-refractivity contribution < 1.29 is 14.3 Å². The number of aromatic nitrogens is 2. The van der Waals surface area contributed by atoms with Crippen molar-refractivity contribution in [1.82, 2.24) is 20.0 Å². The summed E-state index contributed by atoms with van der Waals surface area (Å²) in [5, 5.41) is 7.81. The second-order valence-electron chi connectivity index (χ2n) is 8.34. The van der Waals surface area contributed by atoms with Crippen LogP contribution in [0.3, 0.4) is 0 Å². The molecule has 0 radical (unpaired) electrons. The fourth-order valence-electron chi connectivity index (χ4n) is 4.39. The molecule has 1 aliphatic rings. The largest absolute Gasteiger partial charge is 0.497 e. The lowest BCUT2D eigenvalue weighted by Crippen LogP contribution is -2.44. The van der Waals surface area contributed by atoms with Gasteiger partial charge in [-0.3, -0.25) is 14.4 Å². The number of morpholine rings is 1. The van der Waals surface area contributed by atoms with E-state index < -0.39 is 0 Å². The van der Waals surface area contributed by atoms with Gasteiger partial charge in [0.25, 0.3) is 5.91 Å². The zero-order chi connectivity index (χ0) is 23.2. The van der Waals surface area contributed by atoms with Crippen LogP contribution in [0.2, 0.25) is 0 Å². The van der Waals surface area contributed by atoms with Gasteiger partial charge in [-0.2, -0.15) is 5.10 Å². The van der Waals surface area contributed by atoms with E-state index in [9.17, 15) is 4.79 Å². The lowest BCUT2D eigenvalue weighted by molar-refractivity contribution is 0.0162. The molecule has 1 saturated heterocycles. The summed E-state index contributed by atoms with van der Waals surface area (Å²) < 4.78 is 12.8. The molecule has 1 N–H and O–H groups in total. The standard InChI is InChI=1S/C26H32N4O3/c1-19-25(20(2)30(28-19)18-21-7-5-4-6-8-21)26(31)27-17-24(29-13-15-33-16-14-29)22-9-11-23(32-3)12-10-22/h4-12,24H,13-18H2,1-3H3,(H,27,31). The number of carbonyl (C=O) groups excluding carboxylic acids is 1. The zero-order valence-corrected chi connectivity index (χ0v) is 19.6. The van der Waals surface area contributed by atoms with E-state index in [4.69, 9.17) is 9.47 Å². The van der Waals surface area contributed by atoms with E-state index in [1.807, 2.05) is 48.9 Å². The van der Waals surface area contributed by atoms with E-state index in [1.165, 1.54) is 0 Å². The fourth-order valence-corrected chi connectivity index (χ4v) is 4.39. The van der Waals surface area contributed by atoms with Crippen LogP contribution in [0.4, 0.5) is 0 Å². The third-order valence-corrected chi connectivity index (χ3v) is 6.23. The fraction of sp³-hybridized carbons (Fsp3) is 0.385. The molecule has 0 spiro atoms. The van der Waals surface area contributed by atoms with Crippen molar-refractivity contribution in [1.29, 1.82) is 0 Å². The van der Waals surface area contributed by atoms with Crippen molar-refractivity contribution in [3.05, 3.63) is 82.7 Å². The SMILES string of the molecule is COc1ccc(C(CNC(=O)c2c(C)nn(Cc3ccccc3)c2C)N2CCOCC2)cc1. The molecule has 7 heteroatoms. The number of hydrogen-bond acceptors (Lipinski definition) is 5. The molecule has 2 aromatic carbocycles. The Labute approximate surface area is 195 Å². The quantitative estimate of drug-likeness (QED) is 0.572. The molecule has 0 aliphatic carbocycles. The van der Waals surface area contributed by atoms with Gasteiger partial charge in [-0.1, -0.05) is 42.5 Å². The Morgan fingerprint density at radius 3 is 2.45 bits per heavy atom. The maximum atomic E-state index is 13.2. The van der Waals surface area contributed by atoms with E-state index in [1.54, 1.807) is 7.11 Å². The van der Waals surface area contributed by atoms with Crippen molar-refractivity contribution in [3.63, 3.8) is 0 Å². The van der Waals surface area contributed by atoms with Gasteiger partial charge in [-0.05, 0) is 37.1 Å². The predicted molar refractivity (Wildman–Crippen MR) is 128 cm³/mol. The molecular formula is C26H32N4O3. The molecule has 0 saturated carbocycles. The van der Waals surface area contributed by atoms with Crippen LogP contribution in [0.15, 0.2) is 54.6 Å². The minimum Gasteiger partial charge on any atom is -0.497 e. The second-order valence-corrected chi connectivity index (χ2v) is 8.34. The Bertz CT molecular complexity index is 1060. The van der Waals surface area contributed by atoms with Crippen molar-refractivity contribution in [3.8, 4) is 5.75 Å². The average molecular weight is 449 g/mol. The number of carbonyl (C=O) groups is 1. The number of hydrogen-bond donors (Lipinski definition) is 1. The lowest BCUT2D eigenvalue weighted by Gasteiger charge is -2.35. The molecule has 3 aromatic rings. The van der Waals surface area contributed by atoms with Crippen LogP contribution in [0.25, 0.3) is 0 Å². The summed E-state index contributed by atoms with van der Waals surface area (Å²) in [5.74, 6) is 0.733. The van der Waals surface area contributed by atoms with Crippen molar-refractivity contribution in [2.75, 3.05) is 40.0 Å². The molecule has 4 rings (SSSR count). The van der Waals surface area contributed by atoms with Gasteiger partial charge in [0.05, 0.1) is 44.2 Å².